The maximum atomic E-state index is 11.1. The summed E-state index contributed by atoms with van der Waals surface area (Å²) in [7, 11) is 0. The second kappa shape index (κ2) is 5.60. The third-order valence-electron chi connectivity index (χ3n) is 3.02. The summed E-state index contributed by atoms with van der Waals surface area (Å²) < 4.78 is 1.60. The molecule has 1 heterocycles. The van der Waals surface area contributed by atoms with E-state index >= 15 is 0 Å². The van der Waals surface area contributed by atoms with Gasteiger partial charge in [-0.1, -0.05) is 12.1 Å². The van der Waals surface area contributed by atoms with Crippen molar-refractivity contribution in [3.8, 4) is 0 Å². The first kappa shape index (κ1) is 13.9. The Balaban J connectivity index is 2.24. The zero-order valence-corrected chi connectivity index (χ0v) is 11.5. The lowest BCUT2D eigenvalue weighted by molar-refractivity contribution is -0.384. The molecule has 0 radical (unpaired) electrons. The number of nitrogen functional groups attached to an aromatic ring is 1. The Bertz CT molecular complexity index is 618. The van der Waals surface area contributed by atoms with Crippen LogP contribution in [-0.4, -0.2) is 14.7 Å². The van der Waals surface area contributed by atoms with E-state index in [-0.39, 0.29) is 5.69 Å². The van der Waals surface area contributed by atoms with Crippen molar-refractivity contribution >= 4 is 17.2 Å². The Morgan fingerprint density at radius 1 is 1.40 bits per heavy atom. The van der Waals surface area contributed by atoms with Gasteiger partial charge in [-0.3, -0.25) is 10.1 Å². The van der Waals surface area contributed by atoms with Crippen molar-refractivity contribution in [2.45, 2.75) is 26.9 Å². The van der Waals surface area contributed by atoms with E-state index in [0.717, 1.165) is 5.56 Å². The molecule has 0 bridgehead atoms. The number of hydrogen-bond acceptors (Lipinski definition) is 5. The average molecular weight is 275 g/mol. The van der Waals surface area contributed by atoms with E-state index in [1.165, 1.54) is 0 Å². The molecule has 2 rings (SSSR count). The van der Waals surface area contributed by atoms with Crippen LogP contribution in [0.2, 0.25) is 0 Å². The molecule has 0 fully saturated rings. The lowest BCUT2D eigenvalue weighted by atomic mass is 10.2. The summed E-state index contributed by atoms with van der Waals surface area (Å²) in [6, 6.07) is 7.36. The van der Waals surface area contributed by atoms with Crippen molar-refractivity contribution in [3.05, 3.63) is 45.6 Å². The number of aryl methyl sites for hydroxylation is 2. The summed E-state index contributed by atoms with van der Waals surface area (Å²) in [5.74, 6) is 0.437. The van der Waals surface area contributed by atoms with Crippen molar-refractivity contribution in [1.82, 2.24) is 9.78 Å². The van der Waals surface area contributed by atoms with Gasteiger partial charge in [0.2, 0.25) is 5.82 Å². The minimum absolute atomic E-state index is 0.0299. The van der Waals surface area contributed by atoms with E-state index in [1.807, 2.05) is 19.1 Å². The van der Waals surface area contributed by atoms with Crippen LogP contribution >= 0.6 is 0 Å². The first-order valence-electron chi connectivity index (χ1n) is 6.33. The number of nitrogens with one attached hydrogen (secondary N) is 1. The van der Waals surface area contributed by atoms with Crippen LogP contribution in [0.1, 0.15) is 18.2 Å². The molecule has 7 nitrogen and oxygen atoms in total. The van der Waals surface area contributed by atoms with Gasteiger partial charge < -0.3 is 11.1 Å². The Hall–Kier alpha value is -2.57. The second-order valence-electron chi connectivity index (χ2n) is 4.45. The van der Waals surface area contributed by atoms with Crippen LogP contribution in [0.4, 0.5) is 17.2 Å². The van der Waals surface area contributed by atoms with Gasteiger partial charge in [-0.15, -0.1) is 0 Å². The monoisotopic (exact) mass is 275 g/mol. The molecule has 0 saturated heterocycles. The number of nitrogens with zero attached hydrogens (tertiary/aromatic N) is 3. The van der Waals surface area contributed by atoms with Crippen LogP contribution in [0.3, 0.4) is 0 Å². The summed E-state index contributed by atoms with van der Waals surface area (Å²) in [4.78, 5) is 10.7. The summed E-state index contributed by atoms with van der Waals surface area (Å²) in [6.45, 7) is 4.58. The Labute approximate surface area is 116 Å². The molecular formula is C13H17N5O2. The number of anilines is 2. The number of hydrogen-bond donors (Lipinski definition) is 2. The highest BCUT2D eigenvalue weighted by Gasteiger charge is 2.24. The molecule has 0 saturated carbocycles. The summed E-state index contributed by atoms with van der Waals surface area (Å²) in [5, 5.41) is 18.4. The number of nitro groups is 1. The van der Waals surface area contributed by atoms with E-state index in [9.17, 15) is 10.1 Å². The van der Waals surface area contributed by atoms with E-state index in [2.05, 4.69) is 10.4 Å². The summed E-state index contributed by atoms with van der Waals surface area (Å²) in [5.41, 5.74) is 7.75. The van der Waals surface area contributed by atoms with Crippen LogP contribution in [0.25, 0.3) is 0 Å². The zero-order valence-electron chi connectivity index (χ0n) is 11.5. The van der Waals surface area contributed by atoms with Crippen molar-refractivity contribution in [2.24, 2.45) is 0 Å². The standard InChI is InChI=1S/C13H17N5O2/c1-3-17-13(12(18(19)20)9(2)16-17)15-8-10-4-6-11(14)7-5-10/h4-7,15H,3,8,14H2,1-2H3. The highest BCUT2D eigenvalue weighted by molar-refractivity contribution is 5.59. The van der Waals surface area contributed by atoms with Crippen molar-refractivity contribution in [3.63, 3.8) is 0 Å². The lowest BCUT2D eigenvalue weighted by Crippen LogP contribution is -2.08. The SMILES string of the molecule is CCn1nc(C)c([N+](=O)[O-])c1NCc1ccc(N)cc1. The van der Waals surface area contributed by atoms with Gasteiger partial charge >= 0.3 is 5.69 Å². The van der Waals surface area contributed by atoms with Gasteiger partial charge in [-0.05, 0) is 31.5 Å². The fourth-order valence-electron chi connectivity index (χ4n) is 2.02. The van der Waals surface area contributed by atoms with Gasteiger partial charge in [0.15, 0.2) is 0 Å². The molecular weight excluding hydrogens is 258 g/mol. The van der Waals surface area contributed by atoms with Gasteiger partial charge in [0.25, 0.3) is 0 Å². The normalized spacial score (nSPS) is 10.5. The highest BCUT2D eigenvalue weighted by Crippen LogP contribution is 2.28. The Morgan fingerprint density at radius 2 is 2.05 bits per heavy atom. The Morgan fingerprint density at radius 3 is 2.60 bits per heavy atom. The maximum absolute atomic E-state index is 11.1. The van der Waals surface area contributed by atoms with Crippen LogP contribution < -0.4 is 11.1 Å². The van der Waals surface area contributed by atoms with E-state index in [1.54, 1.807) is 23.7 Å². The molecule has 2 aromatic rings. The van der Waals surface area contributed by atoms with Crippen molar-refractivity contribution < 1.29 is 4.92 Å². The first-order chi connectivity index (χ1) is 9.52. The number of nitrogens with two attached hydrogens (primary N) is 1. The largest absolute Gasteiger partial charge is 0.399 e. The maximum Gasteiger partial charge on any atom is 0.333 e. The average Bonchev–Trinajstić information content (AvgIpc) is 2.74. The topological polar surface area (TPSA) is 99.0 Å². The molecule has 0 amide bonds. The molecule has 3 N–H and O–H groups in total. The predicted octanol–water partition coefficient (Wildman–Crippen LogP) is 2.31. The fraction of sp³-hybridized carbons (Fsp3) is 0.308. The molecule has 1 aromatic carbocycles. The number of aromatic nitrogens is 2. The van der Waals surface area contributed by atoms with Crippen LogP contribution in [0, 0.1) is 17.0 Å². The van der Waals surface area contributed by atoms with E-state index < -0.39 is 4.92 Å². The number of benzene rings is 1. The third kappa shape index (κ3) is 2.71. The second-order valence-corrected chi connectivity index (χ2v) is 4.45. The van der Waals surface area contributed by atoms with Gasteiger partial charge in [-0.25, -0.2) is 4.68 Å². The minimum Gasteiger partial charge on any atom is -0.399 e. The van der Waals surface area contributed by atoms with Gasteiger partial charge in [-0.2, -0.15) is 5.10 Å². The Kier molecular flexibility index (Phi) is 3.88. The van der Waals surface area contributed by atoms with Crippen LogP contribution in [0.15, 0.2) is 24.3 Å². The van der Waals surface area contributed by atoms with Gasteiger partial charge in [0, 0.05) is 18.8 Å². The van der Waals surface area contributed by atoms with Crippen LogP contribution in [0.5, 0.6) is 0 Å². The first-order valence-corrected chi connectivity index (χ1v) is 6.33. The summed E-state index contributed by atoms with van der Waals surface area (Å²) >= 11 is 0. The molecule has 0 atom stereocenters. The third-order valence-corrected chi connectivity index (χ3v) is 3.02. The number of rotatable bonds is 5. The zero-order chi connectivity index (χ0) is 14.7. The van der Waals surface area contributed by atoms with Crippen LogP contribution in [-0.2, 0) is 13.1 Å². The molecule has 106 valence electrons. The smallest absolute Gasteiger partial charge is 0.333 e. The fourth-order valence-corrected chi connectivity index (χ4v) is 2.02. The van der Waals surface area contributed by atoms with Crippen molar-refractivity contribution in [1.29, 1.82) is 0 Å². The highest BCUT2D eigenvalue weighted by atomic mass is 16.6. The predicted molar refractivity (Wildman–Crippen MR) is 77.5 cm³/mol. The molecule has 1 aromatic heterocycles. The molecule has 0 unspecified atom stereocenters. The molecule has 0 aliphatic heterocycles. The summed E-state index contributed by atoms with van der Waals surface area (Å²) in [6.07, 6.45) is 0. The van der Waals surface area contributed by atoms with E-state index in [4.69, 9.17) is 5.73 Å². The molecule has 7 heteroatoms. The lowest BCUT2D eigenvalue weighted by Gasteiger charge is -2.08. The quantitative estimate of drug-likeness (QED) is 0.495. The molecule has 0 aliphatic rings. The molecule has 0 spiro atoms. The van der Waals surface area contributed by atoms with Crippen molar-refractivity contribution in [2.75, 3.05) is 11.1 Å². The van der Waals surface area contributed by atoms with Gasteiger partial charge in [0.05, 0.1) is 4.92 Å². The minimum atomic E-state index is -0.403. The van der Waals surface area contributed by atoms with Gasteiger partial charge in [0.1, 0.15) is 5.69 Å². The molecule has 20 heavy (non-hydrogen) atoms. The van der Waals surface area contributed by atoms with E-state index in [0.29, 0.717) is 30.3 Å². The molecule has 0 aliphatic carbocycles.